The van der Waals surface area contributed by atoms with Crippen molar-refractivity contribution in [3.63, 3.8) is 0 Å². The van der Waals surface area contributed by atoms with Gasteiger partial charge in [-0.1, -0.05) is 30.3 Å². The van der Waals surface area contributed by atoms with Gasteiger partial charge in [0.05, 0.1) is 17.8 Å². The number of hydrogen-bond donors (Lipinski definition) is 1. The van der Waals surface area contributed by atoms with Crippen LogP contribution in [0.15, 0.2) is 42.6 Å². The first-order valence-electron chi connectivity index (χ1n) is 10.5. The molecule has 1 aromatic carbocycles. The van der Waals surface area contributed by atoms with Crippen LogP contribution in [0.3, 0.4) is 0 Å². The average Bonchev–Trinajstić information content (AvgIpc) is 2.80. The molecule has 30 heavy (non-hydrogen) atoms. The first-order valence-corrected chi connectivity index (χ1v) is 10.5. The summed E-state index contributed by atoms with van der Waals surface area (Å²) in [7, 11) is 1.80. The van der Waals surface area contributed by atoms with Gasteiger partial charge in [0, 0.05) is 39.5 Å². The molecule has 1 saturated heterocycles. The number of amides is 2. The molecule has 0 radical (unpaired) electrons. The second kappa shape index (κ2) is 9.26. The lowest BCUT2D eigenvalue weighted by atomic mass is 9.99. The maximum absolute atomic E-state index is 13.0. The smallest absolute Gasteiger partial charge is 0.255 e. The molecule has 0 aliphatic carbocycles. The Hall–Kier alpha value is -2.93. The van der Waals surface area contributed by atoms with Gasteiger partial charge in [0.1, 0.15) is 5.82 Å². The normalized spacial score (nSPS) is 16.7. The van der Waals surface area contributed by atoms with E-state index in [1.54, 1.807) is 29.1 Å². The zero-order valence-corrected chi connectivity index (χ0v) is 17.3. The summed E-state index contributed by atoms with van der Waals surface area (Å²) in [5, 5.41) is 3.07. The number of hydrogen-bond acceptors (Lipinski definition) is 5. The SMILES string of the molecule is CN(CCc1ccccc1)C(=O)c1cnc2c(c1)N(CC1CCOCC1)C(=O)CN2. The minimum absolute atomic E-state index is 0.0119. The third-order valence-electron chi connectivity index (χ3n) is 5.82. The zero-order valence-electron chi connectivity index (χ0n) is 17.3. The van der Waals surface area contributed by atoms with E-state index in [0.717, 1.165) is 32.5 Å². The number of carbonyl (C=O) groups excluding carboxylic acids is 2. The zero-order chi connectivity index (χ0) is 20.9. The fourth-order valence-electron chi connectivity index (χ4n) is 3.95. The van der Waals surface area contributed by atoms with Crippen molar-refractivity contribution < 1.29 is 14.3 Å². The number of fused-ring (bicyclic) bond motifs is 1. The molecular formula is C23H28N4O3. The number of anilines is 2. The Morgan fingerprint density at radius 2 is 2.03 bits per heavy atom. The van der Waals surface area contributed by atoms with Crippen molar-refractivity contribution in [1.29, 1.82) is 0 Å². The highest BCUT2D eigenvalue weighted by Gasteiger charge is 2.29. The van der Waals surface area contributed by atoms with Crippen LogP contribution >= 0.6 is 0 Å². The van der Waals surface area contributed by atoms with Gasteiger partial charge in [-0.3, -0.25) is 9.59 Å². The average molecular weight is 409 g/mol. The Morgan fingerprint density at radius 1 is 1.27 bits per heavy atom. The van der Waals surface area contributed by atoms with Gasteiger partial charge in [-0.2, -0.15) is 0 Å². The van der Waals surface area contributed by atoms with Crippen molar-refractivity contribution in [2.24, 2.45) is 5.92 Å². The summed E-state index contributed by atoms with van der Waals surface area (Å²) in [6.07, 6.45) is 4.27. The Labute approximate surface area is 177 Å². The van der Waals surface area contributed by atoms with Crippen LogP contribution in [-0.4, -0.2) is 61.6 Å². The van der Waals surface area contributed by atoms with Crippen LogP contribution in [-0.2, 0) is 16.0 Å². The number of ether oxygens (including phenoxy) is 1. The monoisotopic (exact) mass is 408 g/mol. The fourth-order valence-corrected chi connectivity index (χ4v) is 3.95. The van der Waals surface area contributed by atoms with Crippen LogP contribution in [0.2, 0.25) is 0 Å². The number of pyridine rings is 1. The van der Waals surface area contributed by atoms with Gasteiger partial charge in [-0.15, -0.1) is 0 Å². The Kier molecular flexibility index (Phi) is 6.28. The molecule has 2 aliphatic rings. The predicted molar refractivity (Wildman–Crippen MR) is 116 cm³/mol. The highest BCUT2D eigenvalue weighted by molar-refractivity contribution is 6.04. The number of benzene rings is 1. The minimum Gasteiger partial charge on any atom is -0.381 e. The molecular weight excluding hydrogens is 380 g/mol. The molecule has 7 nitrogen and oxygen atoms in total. The third kappa shape index (κ3) is 4.62. The van der Waals surface area contributed by atoms with Crippen LogP contribution in [0.4, 0.5) is 11.5 Å². The summed E-state index contributed by atoms with van der Waals surface area (Å²) in [6.45, 7) is 2.96. The van der Waals surface area contributed by atoms with Gasteiger partial charge in [-0.05, 0) is 36.8 Å². The van der Waals surface area contributed by atoms with Crippen LogP contribution in [0, 0.1) is 5.92 Å². The standard InChI is InChI=1S/C23H28N4O3/c1-26(10-7-17-5-3-2-4-6-17)23(29)19-13-20-22(24-14-19)25-15-21(28)27(20)16-18-8-11-30-12-9-18/h2-6,13-14,18H,7-12,15-16H2,1H3,(H,24,25). The van der Waals surface area contributed by atoms with Crippen molar-refractivity contribution in [2.45, 2.75) is 19.3 Å². The van der Waals surface area contributed by atoms with Gasteiger partial charge in [0.15, 0.2) is 0 Å². The molecule has 0 bridgehead atoms. The van der Waals surface area contributed by atoms with E-state index in [-0.39, 0.29) is 18.4 Å². The van der Waals surface area contributed by atoms with E-state index in [9.17, 15) is 9.59 Å². The molecule has 1 N–H and O–H groups in total. The molecule has 1 fully saturated rings. The lowest BCUT2D eigenvalue weighted by molar-refractivity contribution is -0.117. The molecule has 2 amide bonds. The van der Waals surface area contributed by atoms with Gasteiger partial charge < -0.3 is 19.9 Å². The molecule has 1 aromatic heterocycles. The summed E-state index contributed by atoms with van der Waals surface area (Å²) in [5.41, 5.74) is 2.39. The number of nitrogens with one attached hydrogen (secondary N) is 1. The van der Waals surface area contributed by atoms with Gasteiger partial charge in [0.2, 0.25) is 5.91 Å². The van der Waals surface area contributed by atoms with Crippen LogP contribution in [0.1, 0.15) is 28.8 Å². The number of likely N-dealkylation sites (N-methyl/N-ethyl adjacent to an activating group) is 1. The maximum Gasteiger partial charge on any atom is 0.255 e. The number of aromatic nitrogens is 1. The minimum atomic E-state index is -0.0923. The van der Waals surface area contributed by atoms with Gasteiger partial charge in [-0.25, -0.2) is 4.98 Å². The van der Waals surface area contributed by atoms with Crippen LogP contribution < -0.4 is 10.2 Å². The van der Waals surface area contributed by atoms with E-state index < -0.39 is 0 Å². The van der Waals surface area contributed by atoms with Crippen molar-refractivity contribution in [3.8, 4) is 0 Å². The van der Waals surface area contributed by atoms with E-state index in [1.165, 1.54) is 5.56 Å². The van der Waals surface area contributed by atoms with Crippen LogP contribution in [0.5, 0.6) is 0 Å². The Bertz CT molecular complexity index is 897. The summed E-state index contributed by atoms with van der Waals surface area (Å²) in [4.78, 5) is 33.5. The second-order valence-electron chi connectivity index (χ2n) is 7.97. The van der Waals surface area contributed by atoms with E-state index in [0.29, 0.717) is 36.1 Å². The van der Waals surface area contributed by atoms with Crippen molar-refractivity contribution in [2.75, 3.05) is 50.1 Å². The highest BCUT2D eigenvalue weighted by atomic mass is 16.5. The molecule has 0 atom stereocenters. The molecule has 4 rings (SSSR count). The third-order valence-corrected chi connectivity index (χ3v) is 5.82. The molecule has 2 aromatic rings. The fraction of sp³-hybridized carbons (Fsp3) is 0.435. The summed E-state index contributed by atoms with van der Waals surface area (Å²) in [5.74, 6) is 0.981. The summed E-state index contributed by atoms with van der Waals surface area (Å²) in [6, 6.07) is 11.9. The maximum atomic E-state index is 13.0. The van der Waals surface area contributed by atoms with E-state index in [1.807, 2.05) is 18.2 Å². The number of rotatable bonds is 6. The molecule has 3 heterocycles. The molecule has 158 valence electrons. The molecule has 0 saturated carbocycles. The lowest BCUT2D eigenvalue weighted by Gasteiger charge is -2.34. The molecule has 2 aliphatic heterocycles. The van der Waals surface area contributed by atoms with Gasteiger partial charge >= 0.3 is 0 Å². The lowest BCUT2D eigenvalue weighted by Crippen LogP contribution is -2.44. The van der Waals surface area contributed by atoms with E-state index >= 15 is 0 Å². The largest absolute Gasteiger partial charge is 0.381 e. The Morgan fingerprint density at radius 3 is 2.80 bits per heavy atom. The Balaban J connectivity index is 1.48. The van der Waals surface area contributed by atoms with E-state index in [4.69, 9.17) is 4.74 Å². The van der Waals surface area contributed by atoms with Crippen LogP contribution in [0.25, 0.3) is 0 Å². The van der Waals surface area contributed by atoms with E-state index in [2.05, 4.69) is 22.4 Å². The van der Waals surface area contributed by atoms with Crippen molar-refractivity contribution in [3.05, 3.63) is 53.7 Å². The quantitative estimate of drug-likeness (QED) is 0.795. The number of carbonyl (C=O) groups is 2. The highest BCUT2D eigenvalue weighted by Crippen LogP contribution is 2.31. The first-order chi connectivity index (χ1) is 14.6. The first kappa shape index (κ1) is 20.3. The topological polar surface area (TPSA) is 74.8 Å². The molecule has 7 heteroatoms. The summed E-state index contributed by atoms with van der Waals surface area (Å²) >= 11 is 0. The molecule has 0 spiro atoms. The summed E-state index contributed by atoms with van der Waals surface area (Å²) < 4.78 is 5.44. The van der Waals surface area contributed by atoms with Gasteiger partial charge in [0.25, 0.3) is 5.91 Å². The molecule has 0 unspecified atom stereocenters. The number of nitrogens with zero attached hydrogens (tertiary/aromatic N) is 3. The van der Waals surface area contributed by atoms with Crippen molar-refractivity contribution in [1.82, 2.24) is 9.88 Å². The predicted octanol–water partition coefficient (Wildman–Crippen LogP) is 2.58. The second-order valence-corrected chi connectivity index (χ2v) is 7.97. The van der Waals surface area contributed by atoms with Crippen molar-refractivity contribution >= 4 is 23.3 Å².